The Hall–Kier alpha value is -3.16. The Morgan fingerprint density at radius 2 is 1.78 bits per heavy atom. The molecule has 0 spiro atoms. The predicted octanol–water partition coefficient (Wildman–Crippen LogP) is 3.69. The van der Waals surface area contributed by atoms with Crippen LogP contribution in [0.2, 0.25) is 0 Å². The van der Waals surface area contributed by atoms with Crippen molar-refractivity contribution < 1.29 is 22.5 Å². The number of nitrogens with one attached hydrogen (secondary N) is 1. The van der Waals surface area contributed by atoms with Crippen molar-refractivity contribution in [3.63, 3.8) is 0 Å². The van der Waals surface area contributed by atoms with Gasteiger partial charge in [-0.3, -0.25) is 4.79 Å². The number of benzene rings is 2. The normalized spacial score (nSPS) is 18.3. The highest BCUT2D eigenvalue weighted by Crippen LogP contribution is 2.55. The molecule has 0 bridgehead atoms. The van der Waals surface area contributed by atoms with Crippen molar-refractivity contribution >= 4 is 5.91 Å². The summed E-state index contributed by atoms with van der Waals surface area (Å²) in [5.41, 5.74) is 0.716. The van der Waals surface area contributed by atoms with Gasteiger partial charge in [0, 0.05) is 23.9 Å². The molecule has 27 heavy (non-hydrogen) atoms. The third kappa shape index (κ3) is 3.55. The van der Waals surface area contributed by atoms with Gasteiger partial charge in [0.15, 0.2) is 0 Å². The van der Waals surface area contributed by atoms with Crippen molar-refractivity contribution in [1.29, 1.82) is 0 Å². The molecule has 2 aromatic carbocycles. The molecule has 1 aliphatic rings. The minimum absolute atomic E-state index is 0.00279. The number of rotatable bonds is 5. The highest BCUT2D eigenvalue weighted by molar-refractivity contribution is 5.90. The molecular weight excluding hydrogens is 359 g/mol. The van der Waals surface area contributed by atoms with E-state index in [4.69, 9.17) is 4.52 Å². The van der Waals surface area contributed by atoms with E-state index in [1.165, 1.54) is 30.3 Å². The smallest absolute Gasteiger partial charge is 0.292 e. The molecule has 8 heteroatoms. The lowest BCUT2D eigenvalue weighted by Gasteiger charge is -2.02. The maximum Gasteiger partial charge on any atom is 0.292 e. The van der Waals surface area contributed by atoms with Crippen molar-refractivity contribution in [3.8, 4) is 0 Å². The summed E-state index contributed by atoms with van der Waals surface area (Å²) in [5, 5.41) is 6.23. The zero-order chi connectivity index (χ0) is 19.0. The first-order valence-electron chi connectivity index (χ1n) is 8.33. The van der Waals surface area contributed by atoms with E-state index in [0.717, 1.165) is 0 Å². The lowest BCUT2D eigenvalue weighted by Crippen LogP contribution is -2.24. The Morgan fingerprint density at radius 1 is 1.07 bits per heavy atom. The number of hydrogen-bond donors (Lipinski definition) is 1. The highest BCUT2D eigenvalue weighted by Gasteiger charge is 2.46. The molecule has 0 aliphatic heterocycles. The summed E-state index contributed by atoms with van der Waals surface area (Å²) in [4.78, 5) is 16.1. The van der Waals surface area contributed by atoms with Gasteiger partial charge in [-0.2, -0.15) is 4.98 Å². The van der Waals surface area contributed by atoms with E-state index >= 15 is 0 Å². The van der Waals surface area contributed by atoms with E-state index in [2.05, 4.69) is 15.5 Å². The molecule has 5 nitrogen and oxygen atoms in total. The van der Waals surface area contributed by atoms with E-state index in [0.29, 0.717) is 12.0 Å². The quantitative estimate of drug-likeness (QED) is 0.741. The zero-order valence-electron chi connectivity index (χ0n) is 14.0. The van der Waals surface area contributed by atoms with Crippen LogP contribution in [-0.4, -0.2) is 16.0 Å². The van der Waals surface area contributed by atoms with Crippen molar-refractivity contribution in [2.75, 3.05) is 0 Å². The summed E-state index contributed by atoms with van der Waals surface area (Å²) in [6.45, 7) is 0.176. The number of aromatic nitrogens is 2. The summed E-state index contributed by atoms with van der Waals surface area (Å²) >= 11 is 0. The maximum absolute atomic E-state index is 13.9. The lowest BCUT2D eigenvalue weighted by atomic mass is 10.1. The Bertz CT molecular complexity index is 968. The van der Waals surface area contributed by atoms with Gasteiger partial charge in [0.05, 0.1) is 0 Å². The maximum atomic E-state index is 13.9. The second kappa shape index (κ2) is 6.86. The second-order valence-electron chi connectivity index (χ2n) is 6.35. The summed E-state index contributed by atoms with van der Waals surface area (Å²) in [6.07, 6.45) is 0.469. The van der Waals surface area contributed by atoms with Crippen LogP contribution in [0.3, 0.4) is 0 Å². The minimum Gasteiger partial charge on any atom is -0.345 e. The fraction of sp³-hybridized carbons (Fsp3) is 0.211. The number of nitrogens with zero attached hydrogens (tertiary/aromatic N) is 2. The van der Waals surface area contributed by atoms with Crippen LogP contribution in [0.15, 0.2) is 47.0 Å². The van der Waals surface area contributed by atoms with Gasteiger partial charge < -0.3 is 9.84 Å². The molecular formula is C19H14F3N3O2. The molecule has 138 valence electrons. The first-order chi connectivity index (χ1) is 13.0. The van der Waals surface area contributed by atoms with Gasteiger partial charge in [-0.15, -0.1) is 0 Å². The molecule has 1 amide bonds. The zero-order valence-corrected chi connectivity index (χ0v) is 14.0. The van der Waals surface area contributed by atoms with Crippen LogP contribution in [0.25, 0.3) is 0 Å². The molecule has 1 heterocycles. The van der Waals surface area contributed by atoms with Crippen LogP contribution in [0.5, 0.6) is 0 Å². The number of carbonyl (C=O) groups excluding carboxylic acids is 1. The third-order valence-electron chi connectivity index (χ3n) is 4.49. The van der Waals surface area contributed by atoms with Crippen molar-refractivity contribution in [1.82, 2.24) is 15.5 Å². The Morgan fingerprint density at radius 3 is 2.48 bits per heavy atom. The van der Waals surface area contributed by atoms with E-state index in [9.17, 15) is 18.0 Å². The molecule has 1 N–H and O–H groups in total. The van der Waals surface area contributed by atoms with E-state index in [1.807, 2.05) is 0 Å². The molecule has 1 fully saturated rings. The number of amides is 1. The predicted molar refractivity (Wildman–Crippen MR) is 88.3 cm³/mol. The fourth-order valence-corrected chi connectivity index (χ4v) is 2.99. The van der Waals surface area contributed by atoms with Gasteiger partial charge in [-0.1, -0.05) is 23.4 Å². The first-order valence-corrected chi connectivity index (χ1v) is 8.33. The van der Waals surface area contributed by atoms with Crippen molar-refractivity contribution in [2.45, 2.75) is 24.8 Å². The summed E-state index contributed by atoms with van der Waals surface area (Å²) in [5.74, 6) is -2.83. The van der Waals surface area contributed by atoms with Gasteiger partial charge in [0.25, 0.3) is 11.7 Å². The van der Waals surface area contributed by atoms with Gasteiger partial charge in [-0.25, -0.2) is 13.2 Å². The Labute approximate surface area is 152 Å². The van der Waals surface area contributed by atoms with E-state index < -0.39 is 17.5 Å². The topological polar surface area (TPSA) is 68.0 Å². The molecule has 1 aliphatic carbocycles. The molecule has 2 atom stereocenters. The molecule has 1 aromatic heterocycles. The van der Waals surface area contributed by atoms with Gasteiger partial charge in [-0.05, 0) is 36.2 Å². The second-order valence-corrected chi connectivity index (χ2v) is 6.35. The number of halogens is 3. The standard InChI is InChI=1S/C19H14F3N3O2/c20-11-6-4-10(5-7-11)9-23-18(26)17-24-19(27-25-17)13-8-12(13)16-14(21)2-1-3-15(16)22/h1-7,12-13H,8-9H2,(H,23,26)/t12-,13+/m1/s1. The molecule has 0 saturated heterocycles. The van der Waals surface area contributed by atoms with Gasteiger partial charge >= 0.3 is 0 Å². The van der Waals surface area contributed by atoms with E-state index in [-0.39, 0.29) is 41.5 Å². The third-order valence-corrected chi connectivity index (χ3v) is 4.49. The molecule has 3 aromatic rings. The molecule has 4 rings (SSSR count). The van der Waals surface area contributed by atoms with Crippen LogP contribution >= 0.6 is 0 Å². The Balaban J connectivity index is 1.40. The summed E-state index contributed by atoms with van der Waals surface area (Å²) < 4.78 is 45.7. The van der Waals surface area contributed by atoms with Crippen molar-refractivity contribution in [3.05, 3.63) is 82.8 Å². The lowest BCUT2D eigenvalue weighted by molar-refractivity contribution is 0.0937. The van der Waals surface area contributed by atoms with Gasteiger partial charge in [0.1, 0.15) is 17.5 Å². The minimum atomic E-state index is -0.612. The number of carbonyl (C=O) groups is 1. The molecule has 0 unspecified atom stereocenters. The SMILES string of the molecule is O=C(NCc1ccc(F)cc1)c1noc([C@H]2C[C@H]2c2c(F)cccc2F)n1. The van der Waals surface area contributed by atoms with Crippen LogP contribution in [-0.2, 0) is 6.54 Å². The molecule has 0 radical (unpaired) electrons. The van der Waals surface area contributed by atoms with Crippen LogP contribution < -0.4 is 5.32 Å². The van der Waals surface area contributed by atoms with Crippen molar-refractivity contribution in [2.24, 2.45) is 0 Å². The number of hydrogen-bond acceptors (Lipinski definition) is 4. The molecule has 1 saturated carbocycles. The fourth-order valence-electron chi connectivity index (χ4n) is 2.99. The van der Waals surface area contributed by atoms with Gasteiger partial charge in [0.2, 0.25) is 5.89 Å². The van der Waals surface area contributed by atoms with E-state index in [1.54, 1.807) is 12.1 Å². The van der Waals surface area contributed by atoms with Crippen LogP contribution in [0.4, 0.5) is 13.2 Å². The van der Waals surface area contributed by atoms with Crippen LogP contribution in [0, 0.1) is 17.5 Å². The Kier molecular flexibility index (Phi) is 4.39. The van der Waals surface area contributed by atoms with Crippen LogP contribution in [0.1, 0.15) is 45.9 Å². The average Bonchev–Trinajstić information content (AvgIpc) is 3.26. The average molecular weight is 373 g/mol. The summed E-state index contributed by atoms with van der Waals surface area (Å²) in [7, 11) is 0. The highest BCUT2D eigenvalue weighted by atomic mass is 19.1. The monoisotopic (exact) mass is 373 g/mol. The summed E-state index contributed by atoms with van der Waals surface area (Å²) in [6, 6.07) is 9.41. The largest absolute Gasteiger partial charge is 0.345 e. The first kappa shape index (κ1) is 17.3.